The molecule has 0 aliphatic carbocycles. The van der Waals surface area contributed by atoms with Crippen molar-refractivity contribution in [3.8, 4) is 0 Å². The molecular weight excluding hydrogens is 224 g/mol. The van der Waals surface area contributed by atoms with Gasteiger partial charge in [0.2, 0.25) is 5.95 Å². The molecule has 0 amide bonds. The van der Waals surface area contributed by atoms with Gasteiger partial charge in [-0.2, -0.15) is 4.98 Å². The van der Waals surface area contributed by atoms with Crippen LogP contribution in [0.2, 0.25) is 0 Å². The van der Waals surface area contributed by atoms with Crippen LogP contribution < -0.4 is 10.2 Å². The van der Waals surface area contributed by atoms with Crippen LogP contribution in [-0.2, 0) is 0 Å². The third-order valence-corrected chi connectivity index (χ3v) is 3.52. The summed E-state index contributed by atoms with van der Waals surface area (Å²) in [4.78, 5) is 11.5. The number of nitrogens with one attached hydrogen (secondary N) is 1. The van der Waals surface area contributed by atoms with E-state index in [-0.39, 0.29) is 0 Å². The van der Waals surface area contributed by atoms with E-state index >= 15 is 0 Å². The van der Waals surface area contributed by atoms with E-state index in [2.05, 4.69) is 40.1 Å². The summed E-state index contributed by atoms with van der Waals surface area (Å²) in [5.41, 5.74) is 1.04. The Labute approximate surface area is 110 Å². The van der Waals surface area contributed by atoms with Crippen LogP contribution >= 0.6 is 0 Å². The summed E-state index contributed by atoms with van der Waals surface area (Å²) in [6.45, 7) is 8.51. The quantitative estimate of drug-likeness (QED) is 0.869. The molecule has 2 heterocycles. The first-order valence-electron chi connectivity index (χ1n) is 7.10. The molecule has 1 saturated heterocycles. The lowest BCUT2D eigenvalue weighted by Gasteiger charge is -2.25. The molecule has 0 radical (unpaired) electrons. The third kappa shape index (κ3) is 2.92. The lowest BCUT2D eigenvalue weighted by molar-refractivity contribution is 0.640. The number of aromatic nitrogens is 2. The highest BCUT2D eigenvalue weighted by atomic mass is 15.3. The summed E-state index contributed by atoms with van der Waals surface area (Å²) in [6, 6.07) is 2.75. The Morgan fingerprint density at radius 3 is 2.94 bits per heavy atom. The van der Waals surface area contributed by atoms with Gasteiger partial charge in [0, 0.05) is 30.9 Å². The van der Waals surface area contributed by atoms with Crippen molar-refractivity contribution in [2.45, 2.75) is 52.5 Å². The maximum absolute atomic E-state index is 4.66. The molecule has 1 unspecified atom stereocenters. The standard InChI is InChI=1S/C14H24N4/c1-4-8-15-14-16-11(3)10-13(17-14)18-9-6-7-12(18)5-2/h10,12H,4-9H2,1-3H3,(H,15,16,17). The minimum absolute atomic E-state index is 0.651. The Morgan fingerprint density at radius 1 is 1.39 bits per heavy atom. The lowest BCUT2D eigenvalue weighted by Crippen LogP contribution is -2.29. The number of anilines is 2. The van der Waals surface area contributed by atoms with Gasteiger partial charge in [-0.05, 0) is 32.6 Å². The number of hydrogen-bond donors (Lipinski definition) is 1. The zero-order valence-electron chi connectivity index (χ0n) is 11.7. The van der Waals surface area contributed by atoms with Crippen molar-refractivity contribution in [2.75, 3.05) is 23.3 Å². The van der Waals surface area contributed by atoms with Gasteiger partial charge in [-0.15, -0.1) is 0 Å². The van der Waals surface area contributed by atoms with E-state index < -0.39 is 0 Å². The summed E-state index contributed by atoms with van der Waals surface area (Å²) in [6.07, 6.45) is 4.85. The van der Waals surface area contributed by atoms with E-state index in [0.29, 0.717) is 6.04 Å². The van der Waals surface area contributed by atoms with Crippen LogP contribution in [0.25, 0.3) is 0 Å². The van der Waals surface area contributed by atoms with Crippen molar-refractivity contribution in [2.24, 2.45) is 0 Å². The summed E-state index contributed by atoms with van der Waals surface area (Å²) in [5.74, 6) is 1.86. The second kappa shape index (κ2) is 6.03. The molecule has 0 saturated carbocycles. The van der Waals surface area contributed by atoms with E-state index in [9.17, 15) is 0 Å². The van der Waals surface area contributed by atoms with E-state index in [4.69, 9.17) is 0 Å². The molecule has 4 nitrogen and oxygen atoms in total. The van der Waals surface area contributed by atoms with Crippen molar-refractivity contribution in [1.29, 1.82) is 0 Å². The fourth-order valence-corrected chi connectivity index (χ4v) is 2.58. The molecule has 18 heavy (non-hydrogen) atoms. The summed E-state index contributed by atoms with van der Waals surface area (Å²) in [7, 11) is 0. The monoisotopic (exact) mass is 248 g/mol. The molecule has 1 fully saturated rings. The number of rotatable bonds is 5. The predicted molar refractivity (Wildman–Crippen MR) is 76.2 cm³/mol. The first-order valence-corrected chi connectivity index (χ1v) is 7.10. The molecule has 1 aromatic rings. The molecule has 4 heteroatoms. The summed E-state index contributed by atoms with van der Waals surface area (Å²) < 4.78 is 0. The van der Waals surface area contributed by atoms with Crippen LogP contribution in [0.3, 0.4) is 0 Å². The minimum atomic E-state index is 0.651. The normalized spacial score (nSPS) is 19.3. The lowest BCUT2D eigenvalue weighted by atomic mass is 10.2. The van der Waals surface area contributed by atoms with E-state index in [1.807, 2.05) is 6.92 Å². The van der Waals surface area contributed by atoms with Crippen LogP contribution in [0.1, 0.15) is 45.2 Å². The zero-order chi connectivity index (χ0) is 13.0. The van der Waals surface area contributed by atoms with Crippen molar-refractivity contribution in [1.82, 2.24) is 9.97 Å². The number of aryl methyl sites for hydroxylation is 1. The molecule has 1 N–H and O–H groups in total. The average Bonchev–Trinajstić information content (AvgIpc) is 2.84. The van der Waals surface area contributed by atoms with Gasteiger partial charge in [0.05, 0.1) is 0 Å². The molecule has 0 bridgehead atoms. The molecule has 0 aromatic carbocycles. The van der Waals surface area contributed by atoms with E-state index in [1.54, 1.807) is 0 Å². The Balaban J connectivity index is 2.18. The number of hydrogen-bond acceptors (Lipinski definition) is 4. The third-order valence-electron chi connectivity index (χ3n) is 3.52. The van der Waals surface area contributed by atoms with Crippen LogP contribution in [0, 0.1) is 6.92 Å². The fraction of sp³-hybridized carbons (Fsp3) is 0.714. The van der Waals surface area contributed by atoms with Gasteiger partial charge >= 0.3 is 0 Å². The summed E-state index contributed by atoms with van der Waals surface area (Å²) >= 11 is 0. The van der Waals surface area contributed by atoms with Gasteiger partial charge in [-0.1, -0.05) is 13.8 Å². The zero-order valence-corrected chi connectivity index (χ0v) is 11.7. The molecule has 1 aromatic heterocycles. The van der Waals surface area contributed by atoms with Crippen molar-refractivity contribution < 1.29 is 0 Å². The Hall–Kier alpha value is -1.32. The summed E-state index contributed by atoms with van der Waals surface area (Å²) in [5, 5.41) is 3.28. The smallest absolute Gasteiger partial charge is 0.224 e. The van der Waals surface area contributed by atoms with Gasteiger partial charge in [-0.25, -0.2) is 4.98 Å². The molecule has 100 valence electrons. The Kier molecular flexibility index (Phi) is 4.39. The second-order valence-corrected chi connectivity index (χ2v) is 5.02. The van der Waals surface area contributed by atoms with Crippen molar-refractivity contribution >= 4 is 11.8 Å². The molecule has 1 aliphatic heterocycles. The maximum Gasteiger partial charge on any atom is 0.224 e. The van der Waals surface area contributed by atoms with Gasteiger partial charge in [0.1, 0.15) is 5.82 Å². The van der Waals surface area contributed by atoms with Gasteiger partial charge < -0.3 is 10.2 Å². The van der Waals surface area contributed by atoms with Gasteiger partial charge in [0.15, 0.2) is 0 Å². The van der Waals surface area contributed by atoms with Crippen LogP contribution in [0.5, 0.6) is 0 Å². The SMILES string of the molecule is CCCNc1nc(C)cc(N2CCCC2CC)n1. The minimum Gasteiger partial charge on any atom is -0.354 e. The van der Waals surface area contributed by atoms with Crippen LogP contribution in [0.15, 0.2) is 6.07 Å². The van der Waals surface area contributed by atoms with E-state index in [1.165, 1.54) is 19.3 Å². The first kappa shape index (κ1) is 13.1. The molecular formula is C14H24N4. The molecule has 1 aliphatic rings. The van der Waals surface area contributed by atoms with E-state index in [0.717, 1.165) is 37.0 Å². The predicted octanol–water partition coefficient (Wildman–Crippen LogP) is 2.99. The van der Waals surface area contributed by atoms with Gasteiger partial charge in [-0.3, -0.25) is 0 Å². The number of nitrogens with zero attached hydrogens (tertiary/aromatic N) is 3. The highest BCUT2D eigenvalue weighted by Gasteiger charge is 2.24. The first-order chi connectivity index (χ1) is 8.74. The van der Waals surface area contributed by atoms with Crippen LogP contribution in [-0.4, -0.2) is 29.1 Å². The highest BCUT2D eigenvalue weighted by Crippen LogP contribution is 2.26. The van der Waals surface area contributed by atoms with Crippen molar-refractivity contribution in [3.05, 3.63) is 11.8 Å². The fourth-order valence-electron chi connectivity index (χ4n) is 2.58. The Morgan fingerprint density at radius 2 is 2.22 bits per heavy atom. The highest BCUT2D eigenvalue weighted by molar-refractivity contribution is 5.46. The second-order valence-electron chi connectivity index (χ2n) is 5.02. The Bertz CT molecular complexity index is 391. The van der Waals surface area contributed by atoms with Gasteiger partial charge in [0.25, 0.3) is 0 Å². The van der Waals surface area contributed by atoms with Crippen molar-refractivity contribution in [3.63, 3.8) is 0 Å². The molecule has 2 rings (SSSR count). The van der Waals surface area contributed by atoms with Crippen LogP contribution in [0.4, 0.5) is 11.8 Å². The largest absolute Gasteiger partial charge is 0.354 e. The topological polar surface area (TPSA) is 41.1 Å². The molecule has 0 spiro atoms. The maximum atomic E-state index is 4.66. The average molecular weight is 248 g/mol. The molecule has 1 atom stereocenters.